The SMILES string of the molecule is CC1(C(=O)OCc2ccncc2)CCCCC1. The Bertz CT molecular complexity index is 369. The summed E-state index contributed by atoms with van der Waals surface area (Å²) < 4.78 is 5.40. The molecule has 1 fully saturated rings. The van der Waals surface area contributed by atoms with Gasteiger partial charge in [-0.3, -0.25) is 9.78 Å². The Balaban J connectivity index is 1.88. The van der Waals surface area contributed by atoms with E-state index < -0.39 is 0 Å². The summed E-state index contributed by atoms with van der Waals surface area (Å²) in [7, 11) is 0. The van der Waals surface area contributed by atoms with Crippen LogP contribution in [-0.2, 0) is 16.1 Å². The minimum absolute atomic E-state index is 0.0472. The second-order valence-corrected chi connectivity index (χ2v) is 5.05. The zero-order chi connectivity index (χ0) is 12.1. The monoisotopic (exact) mass is 233 g/mol. The van der Waals surface area contributed by atoms with Crippen molar-refractivity contribution in [2.45, 2.75) is 45.6 Å². The fourth-order valence-corrected chi connectivity index (χ4v) is 2.34. The summed E-state index contributed by atoms with van der Waals surface area (Å²) in [6.07, 6.45) is 8.87. The maximum atomic E-state index is 12.1. The third-order valence-electron chi connectivity index (χ3n) is 3.57. The van der Waals surface area contributed by atoms with E-state index in [1.807, 2.05) is 19.1 Å². The van der Waals surface area contributed by atoms with Gasteiger partial charge in [0.15, 0.2) is 0 Å². The molecule has 0 aliphatic heterocycles. The number of ether oxygens (including phenoxy) is 1. The number of carbonyl (C=O) groups is 1. The lowest BCUT2D eigenvalue weighted by Gasteiger charge is -2.30. The van der Waals surface area contributed by atoms with E-state index in [1.54, 1.807) is 12.4 Å². The smallest absolute Gasteiger partial charge is 0.312 e. The van der Waals surface area contributed by atoms with Crippen LogP contribution in [0.2, 0.25) is 0 Å². The van der Waals surface area contributed by atoms with Crippen molar-refractivity contribution in [3.05, 3.63) is 30.1 Å². The standard InChI is InChI=1S/C14H19NO2/c1-14(7-3-2-4-8-14)13(16)17-11-12-5-9-15-10-6-12/h5-6,9-10H,2-4,7-8,11H2,1H3. The first-order valence-corrected chi connectivity index (χ1v) is 6.27. The summed E-state index contributed by atoms with van der Waals surface area (Å²) in [6.45, 7) is 2.39. The first kappa shape index (κ1) is 12.1. The molecule has 0 radical (unpaired) electrons. The van der Waals surface area contributed by atoms with Crippen molar-refractivity contribution in [3.8, 4) is 0 Å². The van der Waals surface area contributed by atoms with Crippen LogP contribution in [0.4, 0.5) is 0 Å². The molecular formula is C14H19NO2. The maximum absolute atomic E-state index is 12.1. The summed E-state index contributed by atoms with van der Waals surface area (Å²) in [5.41, 5.74) is 0.735. The summed E-state index contributed by atoms with van der Waals surface area (Å²) in [5, 5.41) is 0. The summed E-state index contributed by atoms with van der Waals surface area (Å²) in [5.74, 6) is -0.0472. The van der Waals surface area contributed by atoms with Gasteiger partial charge in [-0.2, -0.15) is 0 Å². The van der Waals surface area contributed by atoms with E-state index in [-0.39, 0.29) is 11.4 Å². The van der Waals surface area contributed by atoms with Crippen LogP contribution in [0.25, 0.3) is 0 Å². The molecule has 1 aliphatic rings. The Hall–Kier alpha value is -1.38. The van der Waals surface area contributed by atoms with Gasteiger partial charge in [-0.15, -0.1) is 0 Å². The lowest BCUT2D eigenvalue weighted by molar-refractivity contribution is -0.158. The number of rotatable bonds is 3. The molecule has 17 heavy (non-hydrogen) atoms. The molecule has 0 atom stereocenters. The van der Waals surface area contributed by atoms with Crippen LogP contribution >= 0.6 is 0 Å². The van der Waals surface area contributed by atoms with Crippen molar-refractivity contribution in [3.63, 3.8) is 0 Å². The highest BCUT2D eigenvalue weighted by Crippen LogP contribution is 2.36. The number of hydrogen-bond donors (Lipinski definition) is 0. The molecule has 0 spiro atoms. The molecule has 2 rings (SSSR count). The molecule has 0 saturated heterocycles. The van der Waals surface area contributed by atoms with Gasteiger partial charge in [0.1, 0.15) is 6.61 Å². The molecule has 1 aromatic rings. The van der Waals surface area contributed by atoms with Gasteiger partial charge in [0, 0.05) is 12.4 Å². The molecule has 0 unspecified atom stereocenters. The third-order valence-corrected chi connectivity index (χ3v) is 3.57. The highest BCUT2D eigenvalue weighted by atomic mass is 16.5. The predicted octanol–water partition coefficient (Wildman–Crippen LogP) is 3.10. The van der Waals surface area contributed by atoms with Crippen LogP contribution in [0.1, 0.15) is 44.6 Å². The van der Waals surface area contributed by atoms with E-state index in [9.17, 15) is 4.79 Å². The van der Waals surface area contributed by atoms with E-state index in [1.165, 1.54) is 6.42 Å². The Morgan fingerprint density at radius 3 is 2.59 bits per heavy atom. The van der Waals surface area contributed by atoms with Crippen molar-refractivity contribution in [1.29, 1.82) is 0 Å². The van der Waals surface area contributed by atoms with Gasteiger partial charge in [-0.1, -0.05) is 19.3 Å². The lowest BCUT2D eigenvalue weighted by Crippen LogP contribution is -2.31. The number of esters is 1. The first-order valence-electron chi connectivity index (χ1n) is 6.27. The van der Waals surface area contributed by atoms with Crippen LogP contribution in [0.15, 0.2) is 24.5 Å². The molecule has 3 nitrogen and oxygen atoms in total. The third kappa shape index (κ3) is 3.05. The lowest BCUT2D eigenvalue weighted by atomic mass is 9.76. The Kier molecular flexibility index (Phi) is 3.77. The number of aromatic nitrogens is 1. The number of nitrogens with zero attached hydrogens (tertiary/aromatic N) is 1. The minimum atomic E-state index is -0.259. The van der Waals surface area contributed by atoms with Crippen LogP contribution in [0, 0.1) is 5.41 Å². The van der Waals surface area contributed by atoms with Gasteiger partial charge in [0.2, 0.25) is 0 Å². The number of hydrogen-bond acceptors (Lipinski definition) is 3. The van der Waals surface area contributed by atoms with Crippen molar-refractivity contribution in [2.24, 2.45) is 5.41 Å². The molecule has 1 heterocycles. The average Bonchev–Trinajstić information content (AvgIpc) is 2.38. The summed E-state index contributed by atoms with van der Waals surface area (Å²) >= 11 is 0. The quantitative estimate of drug-likeness (QED) is 0.753. The molecule has 3 heteroatoms. The highest BCUT2D eigenvalue weighted by molar-refractivity contribution is 5.76. The molecule has 0 bridgehead atoms. The van der Waals surface area contributed by atoms with E-state index in [2.05, 4.69) is 4.98 Å². The minimum Gasteiger partial charge on any atom is -0.460 e. The second kappa shape index (κ2) is 5.30. The average molecular weight is 233 g/mol. The first-order chi connectivity index (χ1) is 8.21. The maximum Gasteiger partial charge on any atom is 0.312 e. The fraction of sp³-hybridized carbons (Fsp3) is 0.571. The molecule has 1 aromatic heterocycles. The van der Waals surface area contributed by atoms with E-state index >= 15 is 0 Å². The molecule has 1 saturated carbocycles. The Morgan fingerprint density at radius 1 is 1.29 bits per heavy atom. The van der Waals surface area contributed by atoms with Gasteiger partial charge in [0.25, 0.3) is 0 Å². The molecule has 0 aromatic carbocycles. The molecule has 1 aliphatic carbocycles. The second-order valence-electron chi connectivity index (χ2n) is 5.05. The van der Waals surface area contributed by atoms with Crippen molar-refractivity contribution < 1.29 is 9.53 Å². The van der Waals surface area contributed by atoms with Crippen LogP contribution in [-0.4, -0.2) is 11.0 Å². The van der Waals surface area contributed by atoms with Gasteiger partial charge in [-0.25, -0.2) is 0 Å². The highest BCUT2D eigenvalue weighted by Gasteiger charge is 2.35. The molecular weight excluding hydrogens is 214 g/mol. The van der Waals surface area contributed by atoms with Crippen molar-refractivity contribution >= 4 is 5.97 Å². The van der Waals surface area contributed by atoms with E-state index in [4.69, 9.17) is 4.74 Å². The van der Waals surface area contributed by atoms with Gasteiger partial charge < -0.3 is 4.74 Å². The fourth-order valence-electron chi connectivity index (χ4n) is 2.34. The van der Waals surface area contributed by atoms with Gasteiger partial charge >= 0.3 is 5.97 Å². The van der Waals surface area contributed by atoms with E-state index in [0.717, 1.165) is 31.2 Å². The molecule has 0 amide bonds. The van der Waals surface area contributed by atoms with Crippen LogP contribution in [0.5, 0.6) is 0 Å². The summed E-state index contributed by atoms with van der Waals surface area (Å²) in [4.78, 5) is 16.0. The zero-order valence-corrected chi connectivity index (χ0v) is 10.3. The zero-order valence-electron chi connectivity index (χ0n) is 10.3. The van der Waals surface area contributed by atoms with E-state index in [0.29, 0.717) is 6.61 Å². The summed E-state index contributed by atoms with van der Waals surface area (Å²) in [6, 6.07) is 3.74. The van der Waals surface area contributed by atoms with Crippen LogP contribution in [0.3, 0.4) is 0 Å². The van der Waals surface area contributed by atoms with Gasteiger partial charge in [0.05, 0.1) is 5.41 Å². The van der Waals surface area contributed by atoms with Crippen molar-refractivity contribution in [2.75, 3.05) is 0 Å². The molecule has 92 valence electrons. The predicted molar refractivity (Wildman–Crippen MR) is 65.2 cm³/mol. The Labute approximate surface area is 102 Å². The Morgan fingerprint density at radius 2 is 1.94 bits per heavy atom. The number of pyridine rings is 1. The topological polar surface area (TPSA) is 39.2 Å². The molecule has 0 N–H and O–H groups in total. The largest absolute Gasteiger partial charge is 0.460 e. The number of carbonyl (C=O) groups excluding carboxylic acids is 1. The normalized spacial score (nSPS) is 18.6. The van der Waals surface area contributed by atoms with Crippen molar-refractivity contribution in [1.82, 2.24) is 4.98 Å². The van der Waals surface area contributed by atoms with Crippen LogP contribution < -0.4 is 0 Å². The van der Waals surface area contributed by atoms with Gasteiger partial charge in [-0.05, 0) is 37.5 Å².